The van der Waals surface area contributed by atoms with Crippen LogP contribution in [0, 0.1) is 0 Å². The lowest BCUT2D eigenvalue weighted by Gasteiger charge is -2.12. The van der Waals surface area contributed by atoms with E-state index in [9.17, 15) is 13.0 Å². The van der Waals surface area contributed by atoms with E-state index < -0.39 is 23.8 Å². The Morgan fingerprint density at radius 1 is 1.23 bits per heavy atom. The lowest BCUT2D eigenvalue weighted by molar-refractivity contribution is 0.371. The Morgan fingerprint density at radius 2 is 1.91 bits per heavy atom. The quantitative estimate of drug-likeness (QED) is 0.441. The SMILES string of the molecule is CCCCCCCS(=O)(=O)Nc1ncccc1CP(=O)(O)O. The largest absolute Gasteiger partial charge is 0.330 e. The number of nitrogens with zero attached hydrogens (tertiary/aromatic N) is 1. The van der Waals surface area contributed by atoms with Gasteiger partial charge in [-0.3, -0.25) is 9.29 Å². The van der Waals surface area contributed by atoms with Crippen LogP contribution in [0.3, 0.4) is 0 Å². The Bertz CT molecular complexity index is 615. The molecule has 0 spiro atoms. The average Bonchev–Trinajstić information content (AvgIpc) is 2.39. The topological polar surface area (TPSA) is 117 Å². The van der Waals surface area contributed by atoms with E-state index in [1.54, 1.807) is 0 Å². The van der Waals surface area contributed by atoms with E-state index in [0.717, 1.165) is 25.7 Å². The van der Waals surface area contributed by atoms with E-state index in [1.165, 1.54) is 18.3 Å². The zero-order chi connectivity index (χ0) is 16.6. The third-order valence-corrected chi connectivity index (χ3v) is 5.12. The van der Waals surface area contributed by atoms with Gasteiger partial charge >= 0.3 is 7.60 Å². The molecule has 1 heterocycles. The van der Waals surface area contributed by atoms with Crippen molar-refractivity contribution < 1.29 is 22.8 Å². The van der Waals surface area contributed by atoms with Gasteiger partial charge in [0.25, 0.3) is 0 Å². The van der Waals surface area contributed by atoms with E-state index in [-0.39, 0.29) is 17.1 Å². The number of unbranched alkanes of at least 4 members (excludes halogenated alkanes) is 4. The minimum atomic E-state index is -4.29. The van der Waals surface area contributed by atoms with Crippen molar-refractivity contribution in [2.75, 3.05) is 10.5 Å². The fourth-order valence-electron chi connectivity index (χ4n) is 1.97. The molecule has 0 aliphatic rings. The number of pyridine rings is 1. The van der Waals surface area contributed by atoms with Crippen molar-refractivity contribution in [3.63, 3.8) is 0 Å². The molecule has 0 radical (unpaired) electrons. The molecule has 1 rings (SSSR count). The number of hydrogen-bond acceptors (Lipinski definition) is 4. The van der Waals surface area contributed by atoms with Crippen molar-refractivity contribution in [3.05, 3.63) is 23.9 Å². The molecule has 7 nitrogen and oxygen atoms in total. The minimum Gasteiger partial charge on any atom is -0.324 e. The second-order valence-electron chi connectivity index (χ2n) is 5.17. The van der Waals surface area contributed by atoms with Crippen molar-refractivity contribution in [3.8, 4) is 0 Å². The summed E-state index contributed by atoms with van der Waals surface area (Å²) in [7, 11) is -7.85. The molecule has 0 atom stereocenters. The van der Waals surface area contributed by atoms with E-state index in [1.807, 2.05) is 0 Å². The van der Waals surface area contributed by atoms with Crippen LogP contribution in [0.4, 0.5) is 5.82 Å². The Hall–Kier alpha value is -0.950. The number of nitrogens with one attached hydrogen (secondary N) is 1. The molecule has 0 saturated carbocycles. The predicted molar refractivity (Wildman–Crippen MR) is 86.2 cm³/mol. The van der Waals surface area contributed by atoms with Gasteiger partial charge in [0.2, 0.25) is 10.0 Å². The van der Waals surface area contributed by atoms with Gasteiger partial charge in [0.1, 0.15) is 5.82 Å². The van der Waals surface area contributed by atoms with Crippen LogP contribution < -0.4 is 4.72 Å². The first-order chi connectivity index (χ1) is 10.2. The molecule has 9 heteroatoms. The van der Waals surface area contributed by atoms with Gasteiger partial charge in [-0.25, -0.2) is 13.4 Å². The summed E-state index contributed by atoms with van der Waals surface area (Å²) in [5.41, 5.74) is 0.186. The van der Waals surface area contributed by atoms with Crippen LogP contribution in [0.15, 0.2) is 18.3 Å². The summed E-state index contributed by atoms with van der Waals surface area (Å²) >= 11 is 0. The first-order valence-electron chi connectivity index (χ1n) is 7.22. The van der Waals surface area contributed by atoms with Crippen LogP contribution in [0.2, 0.25) is 0 Å². The van der Waals surface area contributed by atoms with Gasteiger partial charge in [0.05, 0.1) is 11.9 Å². The fourth-order valence-corrected chi connectivity index (χ4v) is 3.84. The summed E-state index contributed by atoms with van der Waals surface area (Å²) in [5, 5.41) is 0. The molecule has 0 bridgehead atoms. The number of anilines is 1. The number of sulfonamides is 1. The highest BCUT2D eigenvalue weighted by Crippen LogP contribution is 2.40. The van der Waals surface area contributed by atoms with Crippen LogP contribution in [-0.2, 0) is 20.8 Å². The van der Waals surface area contributed by atoms with Crippen LogP contribution in [-0.4, -0.2) is 28.9 Å². The fraction of sp³-hybridized carbons (Fsp3) is 0.615. The second-order valence-corrected chi connectivity index (χ2v) is 8.66. The van der Waals surface area contributed by atoms with Gasteiger partial charge in [-0.2, -0.15) is 0 Å². The lowest BCUT2D eigenvalue weighted by Crippen LogP contribution is -2.18. The molecule has 0 aromatic carbocycles. The van der Waals surface area contributed by atoms with Gasteiger partial charge in [0.15, 0.2) is 0 Å². The van der Waals surface area contributed by atoms with Crippen LogP contribution in [0.5, 0.6) is 0 Å². The molecule has 126 valence electrons. The lowest BCUT2D eigenvalue weighted by atomic mass is 10.2. The smallest absolute Gasteiger partial charge is 0.324 e. The Balaban J connectivity index is 2.67. The van der Waals surface area contributed by atoms with E-state index in [4.69, 9.17) is 9.79 Å². The molecule has 3 N–H and O–H groups in total. The van der Waals surface area contributed by atoms with Crippen LogP contribution in [0.1, 0.15) is 44.6 Å². The molecular weight excluding hydrogens is 327 g/mol. The van der Waals surface area contributed by atoms with Crippen LogP contribution >= 0.6 is 7.60 Å². The van der Waals surface area contributed by atoms with Crippen molar-refractivity contribution in [2.24, 2.45) is 0 Å². The highest BCUT2D eigenvalue weighted by Gasteiger charge is 2.19. The molecule has 1 aromatic rings. The van der Waals surface area contributed by atoms with E-state index in [0.29, 0.717) is 6.42 Å². The molecule has 0 aliphatic carbocycles. The minimum absolute atomic E-state index is 0.0145. The van der Waals surface area contributed by atoms with Gasteiger partial charge < -0.3 is 9.79 Å². The average molecular weight is 350 g/mol. The highest BCUT2D eigenvalue weighted by molar-refractivity contribution is 7.92. The Morgan fingerprint density at radius 3 is 2.55 bits per heavy atom. The predicted octanol–water partition coefficient (Wildman–Crippen LogP) is 2.47. The standard InChI is InChI=1S/C13H23N2O5PS/c1-2-3-4-5-6-10-22(19,20)15-13-12(8-7-9-14-13)11-21(16,17)18/h7-9H,2-6,10-11H2,1H3,(H,14,15)(H2,16,17,18). The first kappa shape index (κ1) is 19.1. The van der Waals surface area contributed by atoms with Crippen molar-refractivity contribution in [1.82, 2.24) is 4.98 Å². The third-order valence-electron chi connectivity index (χ3n) is 3.04. The molecule has 0 saturated heterocycles. The van der Waals surface area contributed by atoms with Crippen LogP contribution in [0.25, 0.3) is 0 Å². The molecule has 0 fully saturated rings. The third kappa shape index (κ3) is 7.89. The van der Waals surface area contributed by atoms with Gasteiger partial charge in [0, 0.05) is 11.8 Å². The molecule has 22 heavy (non-hydrogen) atoms. The summed E-state index contributed by atoms with van der Waals surface area (Å²) < 4.78 is 37.4. The number of rotatable bonds is 10. The maximum absolute atomic E-state index is 12.0. The molecule has 1 aromatic heterocycles. The molecule has 0 amide bonds. The Kier molecular flexibility index (Phi) is 7.48. The first-order valence-corrected chi connectivity index (χ1v) is 10.7. The summed E-state index contributed by atoms with van der Waals surface area (Å²) in [6.07, 6.45) is 5.39. The summed E-state index contributed by atoms with van der Waals surface area (Å²) in [5.74, 6) is -0.0396. The van der Waals surface area contributed by atoms with Gasteiger partial charge in [-0.15, -0.1) is 0 Å². The maximum Gasteiger partial charge on any atom is 0.330 e. The normalized spacial score (nSPS) is 12.3. The van der Waals surface area contributed by atoms with Crippen molar-refractivity contribution >= 4 is 23.4 Å². The van der Waals surface area contributed by atoms with Gasteiger partial charge in [-0.1, -0.05) is 38.7 Å². The summed E-state index contributed by atoms with van der Waals surface area (Å²) in [6.45, 7) is 2.09. The zero-order valence-corrected chi connectivity index (χ0v) is 14.3. The van der Waals surface area contributed by atoms with E-state index >= 15 is 0 Å². The molecule has 0 unspecified atom stereocenters. The number of hydrogen-bond donors (Lipinski definition) is 3. The van der Waals surface area contributed by atoms with Gasteiger partial charge in [-0.05, 0) is 12.5 Å². The van der Waals surface area contributed by atoms with Crippen molar-refractivity contribution in [2.45, 2.75) is 45.2 Å². The second kappa shape index (κ2) is 8.62. The maximum atomic E-state index is 12.0. The summed E-state index contributed by atoms with van der Waals surface area (Å²) in [4.78, 5) is 21.9. The molecule has 0 aliphatic heterocycles. The zero-order valence-electron chi connectivity index (χ0n) is 12.6. The Labute approximate surface area is 131 Å². The highest BCUT2D eigenvalue weighted by atomic mass is 32.2. The summed E-state index contributed by atoms with van der Waals surface area (Å²) in [6, 6.07) is 2.96. The molecular formula is C13H23N2O5PS. The monoisotopic (exact) mass is 350 g/mol. The van der Waals surface area contributed by atoms with Crippen molar-refractivity contribution in [1.29, 1.82) is 0 Å². The number of aromatic nitrogens is 1. The van der Waals surface area contributed by atoms with E-state index in [2.05, 4.69) is 16.6 Å².